The fourth-order valence-electron chi connectivity index (χ4n) is 2.59. The molecule has 0 radical (unpaired) electrons. The van der Waals surface area contributed by atoms with Gasteiger partial charge in [-0.05, 0) is 36.6 Å². The molecular weight excluding hydrogens is 302 g/mol. The number of amides is 1. The Balaban J connectivity index is 1.95. The Labute approximate surface area is 131 Å². The Kier molecular flexibility index (Phi) is 3.85. The molecule has 1 aromatic heterocycles. The highest BCUT2D eigenvalue weighted by atomic mass is 32.1. The summed E-state index contributed by atoms with van der Waals surface area (Å²) in [6, 6.07) is 8.77. The minimum absolute atomic E-state index is 0.160. The number of hydrogen-bond donors (Lipinski definition) is 1. The van der Waals surface area contributed by atoms with Crippen molar-refractivity contribution >= 4 is 28.9 Å². The highest BCUT2D eigenvalue weighted by molar-refractivity contribution is 7.16. The quantitative estimate of drug-likeness (QED) is 0.945. The average molecular weight is 317 g/mol. The van der Waals surface area contributed by atoms with Crippen LogP contribution < -0.4 is 9.64 Å². The topological polar surface area (TPSA) is 66.8 Å². The van der Waals surface area contributed by atoms with Gasteiger partial charge in [-0.15, -0.1) is 11.3 Å². The zero-order chi connectivity index (χ0) is 15.7. The number of carbonyl (C=O) groups excluding carboxylic acids is 1. The number of rotatable bonds is 3. The van der Waals surface area contributed by atoms with Crippen LogP contribution in [0.25, 0.3) is 0 Å². The first-order valence-corrected chi connectivity index (χ1v) is 7.73. The fourth-order valence-corrected chi connectivity index (χ4v) is 3.39. The molecule has 0 saturated carbocycles. The van der Waals surface area contributed by atoms with Gasteiger partial charge in [-0.25, -0.2) is 4.79 Å². The van der Waals surface area contributed by atoms with E-state index in [0.29, 0.717) is 17.2 Å². The van der Waals surface area contributed by atoms with Crippen molar-refractivity contribution < 1.29 is 19.4 Å². The molecule has 0 unspecified atom stereocenters. The van der Waals surface area contributed by atoms with E-state index in [1.54, 1.807) is 18.1 Å². The molecule has 1 amide bonds. The summed E-state index contributed by atoms with van der Waals surface area (Å²) >= 11 is 1.01. The zero-order valence-electron chi connectivity index (χ0n) is 12.0. The lowest BCUT2D eigenvalue weighted by Crippen LogP contribution is -2.35. The van der Waals surface area contributed by atoms with Gasteiger partial charge in [-0.1, -0.05) is 6.07 Å². The summed E-state index contributed by atoms with van der Waals surface area (Å²) in [6.07, 6.45) is 1.82. The number of ether oxygens (including phenoxy) is 1. The van der Waals surface area contributed by atoms with E-state index in [0.717, 1.165) is 35.4 Å². The second kappa shape index (κ2) is 5.81. The third kappa shape index (κ3) is 2.57. The maximum absolute atomic E-state index is 12.7. The highest BCUT2D eigenvalue weighted by Gasteiger charge is 2.25. The molecule has 2 aromatic rings. The lowest BCUT2D eigenvalue weighted by molar-refractivity contribution is 0.0702. The molecule has 2 heterocycles. The molecular formula is C16H15NO4S. The lowest BCUT2D eigenvalue weighted by Gasteiger charge is -2.29. The van der Waals surface area contributed by atoms with Crippen LogP contribution in [0.3, 0.4) is 0 Å². The first kappa shape index (κ1) is 14.6. The maximum Gasteiger partial charge on any atom is 0.345 e. The minimum atomic E-state index is -1.01. The number of aromatic carboxylic acids is 1. The van der Waals surface area contributed by atoms with E-state index >= 15 is 0 Å². The summed E-state index contributed by atoms with van der Waals surface area (Å²) in [4.78, 5) is 26.0. The number of carbonyl (C=O) groups is 2. The zero-order valence-corrected chi connectivity index (χ0v) is 12.9. The van der Waals surface area contributed by atoms with Gasteiger partial charge in [0.15, 0.2) is 0 Å². The predicted octanol–water partition coefficient (Wildman–Crippen LogP) is 3.05. The van der Waals surface area contributed by atoms with Crippen molar-refractivity contribution in [1.82, 2.24) is 0 Å². The van der Waals surface area contributed by atoms with Gasteiger partial charge in [0.25, 0.3) is 5.91 Å². The van der Waals surface area contributed by atoms with Crippen LogP contribution in [0.5, 0.6) is 5.75 Å². The third-order valence-electron chi connectivity index (χ3n) is 3.68. The van der Waals surface area contributed by atoms with Crippen molar-refractivity contribution in [1.29, 1.82) is 0 Å². The second-order valence-corrected chi connectivity index (χ2v) is 6.11. The molecule has 1 aliphatic rings. The minimum Gasteiger partial charge on any atom is -0.497 e. The van der Waals surface area contributed by atoms with Gasteiger partial charge in [0.05, 0.1) is 17.7 Å². The number of benzene rings is 1. The Hall–Kier alpha value is -2.34. The number of nitrogens with zero attached hydrogens (tertiary/aromatic N) is 1. The van der Waals surface area contributed by atoms with Crippen molar-refractivity contribution in [3.05, 3.63) is 45.6 Å². The second-order valence-electron chi connectivity index (χ2n) is 5.02. The highest BCUT2D eigenvalue weighted by Crippen LogP contribution is 2.32. The van der Waals surface area contributed by atoms with E-state index < -0.39 is 5.97 Å². The van der Waals surface area contributed by atoms with E-state index in [4.69, 9.17) is 9.84 Å². The Morgan fingerprint density at radius 3 is 2.68 bits per heavy atom. The van der Waals surface area contributed by atoms with Gasteiger partial charge < -0.3 is 14.7 Å². The summed E-state index contributed by atoms with van der Waals surface area (Å²) in [5, 5.41) is 8.99. The lowest BCUT2D eigenvalue weighted by atomic mass is 10.0. The number of carboxylic acids is 1. The van der Waals surface area contributed by atoms with Crippen molar-refractivity contribution in [2.24, 2.45) is 0 Å². The summed E-state index contributed by atoms with van der Waals surface area (Å²) in [5.74, 6) is -0.465. The number of hydrogen-bond acceptors (Lipinski definition) is 4. The molecule has 5 nitrogen and oxygen atoms in total. The van der Waals surface area contributed by atoms with Crippen molar-refractivity contribution in [3.63, 3.8) is 0 Å². The summed E-state index contributed by atoms with van der Waals surface area (Å²) in [5.41, 5.74) is 1.95. The van der Waals surface area contributed by atoms with Gasteiger partial charge in [0.1, 0.15) is 10.6 Å². The van der Waals surface area contributed by atoms with E-state index in [1.165, 1.54) is 6.07 Å². The summed E-state index contributed by atoms with van der Waals surface area (Å²) in [7, 11) is 1.59. The van der Waals surface area contributed by atoms with Crippen LogP contribution in [0, 0.1) is 0 Å². The van der Waals surface area contributed by atoms with Crippen LogP contribution in [-0.2, 0) is 6.42 Å². The largest absolute Gasteiger partial charge is 0.497 e. The molecule has 0 bridgehead atoms. The Morgan fingerprint density at radius 1 is 1.23 bits per heavy atom. The first-order valence-electron chi connectivity index (χ1n) is 6.92. The number of thiophene rings is 1. The first-order chi connectivity index (χ1) is 10.6. The van der Waals surface area contributed by atoms with Gasteiger partial charge in [-0.3, -0.25) is 4.79 Å². The molecule has 0 saturated heterocycles. The van der Waals surface area contributed by atoms with E-state index in [1.807, 2.05) is 18.2 Å². The SMILES string of the molecule is COc1ccc2c(c1)N(C(=O)c1ccc(C(=O)O)s1)CCC2. The number of methoxy groups -OCH3 is 1. The standard InChI is InChI=1S/C16H15NO4S/c1-21-11-5-4-10-3-2-8-17(12(10)9-11)15(18)13-6-7-14(22-13)16(19)20/h4-7,9H,2-3,8H2,1H3,(H,19,20). The van der Waals surface area contributed by atoms with Gasteiger partial charge in [-0.2, -0.15) is 0 Å². The predicted molar refractivity (Wildman–Crippen MR) is 84.3 cm³/mol. The van der Waals surface area contributed by atoms with Gasteiger partial charge in [0.2, 0.25) is 0 Å². The van der Waals surface area contributed by atoms with Crippen molar-refractivity contribution in [2.75, 3.05) is 18.6 Å². The summed E-state index contributed by atoms with van der Waals surface area (Å²) < 4.78 is 5.24. The normalized spacial score (nSPS) is 13.6. The van der Waals surface area contributed by atoms with E-state index in [9.17, 15) is 9.59 Å². The van der Waals surface area contributed by atoms with Crippen LogP contribution >= 0.6 is 11.3 Å². The van der Waals surface area contributed by atoms with Crippen LogP contribution in [0.4, 0.5) is 5.69 Å². The molecule has 114 valence electrons. The molecule has 0 fully saturated rings. The number of aryl methyl sites for hydroxylation is 1. The summed E-state index contributed by atoms with van der Waals surface area (Å²) in [6.45, 7) is 0.624. The maximum atomic E-state index is 12.7. The van der Waals surface area contributed by atoms with Crippen LogP contribution in [-0.4, -0.2) is 30.6 Å². The van der Waals surface area contributed by atoms with Gasteiger partial charge >= 0.3 is 5.97 Å². The molecule has 6 heteroatoms. The number of fused-ring (bicyclic) bond motifs is 1. The molecule has 0 spiro atoms. The van der Waals surface area contributed by atoms with Crippen LogP contribution in [0.15, 0.2) is 30.3 Å². The van der Waals surface area contributed by atoms with Gasteiger partial charge in [0, 0.05) is 12.6 Å². The molecule has 1 N–H and O–H groups in total. The number of carboxylic acid groups (broad SMARTS) is 1. The van der Waals surface area contributed by atoms with E-state index in [-0.39, 0.29) is 10.8 Å². The van der Waals surface area contributed by atoms with Crippen molar-refractivity contribution in [2.45, 2.75) is 12.8 Å². The molecule has 0 atom stereocenters. The Bertz CT molecular complexity index is 737. The molecule has 1 aliphatic heterocycles. The van der Waals surface area contributed by atoms with E-state index in [2.05, 4.69) is 0 Å². The number of anilines is 1. The molecule has 1 aromatic carbocycles. The molecule has 0 aliphatic carbocycles. The van der Waals surface area contributed by atoms with Crippen molar-refractivity contribution in [3.8, 4) is 5.75 Å². The smallest absolute Gasteiger partial charge is 0.345 e. The van der Waals surface area contributed by atoms with Crippen LogP contribution in [0.2, 0.25) is 0 Å². The molecule has 3 rings (SSSR count). The van der Waals surface area contributed by atoms with Crippen LogP contribution in [0.1, 0.15) is 31.3 Å². The Morgan fingerprint density at radius 2 is 2.00 bits per heavy atom. The fraction of sp³-hybridized carbons (Fsp3) is 0.250. The third-order valence-corrected chi connectivity index (χ3v) is 4.75. The molecule has 22 heavy (non-hydrogen) atoms. The average Bonchev–Trinajstić information content (AvgIpc) is 3.03. The monoisotopic (exact) mass is 317 g/mol.